The van der Waals surface area contributed by atoms with Gasteiger partial charge in [-0.25, -0.2) is 9.59 Å². The van der Waals surface area contributed by atoms with Gasteiger partial charge in [-0.3, -0.25) is 10.1 Å². The predicted molar refractivity (Wildman–Crippen MR) is 105 cm³/mol. The van der Waals surface area contributed by atoms with Crippen molar-refractivity contribution in [3.05, 3.63) is 105 Å². The van der Waals surface area contributed by atoms with Crippen LogP contribution < -0.4 is 4.74 Å². The van der Waals surface area contributed by atoms with Gasteiger partial charge in [0.1, 0.15) is 17.9 Å². The van der Waals surface area contributed by atoms with Crippen LogP contribution in [0.3, 0.4) is 0 Å². The van der Waals surface area contributed by atoms with Gasteiger partial charge in [-0.05, 0) is 48.0 Å². The smallest absolute Gasteiger partial charge is 0.345 e. The Kier molecular flexibility index (Phi) is 6.21. The monoisotopic (exact) mass is 411 g/mol. The molecule has 7 nitrogen and oxygen atoms in total. The Morgan fingerprint density at radius 2 is 1.55 bits per heavy atom. The number of nitro benzene ring substituents is 1. The van der Waals surface area contributed by atoms with E-state index < -0.39 is 16.9 Å². The second-order valence-electron chi connectivity index (χ2n) is 5.89. The standard InChI is InChI=1S/C21H14ClNO6/c22-16-9-11-17(12-10-16)29-20(24)15-7-5-14(6-8-15)13-28-21(25)18-3-1-2-4-19(18)23(26)27/h1-12H,13H2. The summed E-state index contributed by atoms with van der Waals surface area (Å²) in [4.78, 5) is 34.6. The van der Waals surface area contributed by atoms with Crippen LogP contribution in [0.2, 0.25) is 5.02 Å². The molecule has 0 fully saturated rings. The first-order valence-electron chi connectivity index (χ1n) is 8.41. The van der Waals surface area contributed by atoms with E-state index in [1.807, 2.05) is 0 Å². The van der Waals surface area contributed by atoms with Gasteiger partial charge in [0.15, 0.2) is 0 Å². The highest BCUT2D eigenvalue weighted by atomic mass is 35.5. The van der Waals surface area contributed by atoms with Gasteiger partial charge >= 0.3 is 11.9 Å². The number of nitrogens with zero attached hydrogens (tertiary/aromatic N) is 1. The van der Waals surface area contributed by atoms with Crippen LogP contribution in [-0.2, 0) is 11.3 Å². The molecule has 0 N–H and O–H groups in total. The zero-order chi connectivity index (χ0) is 20.8. The normalized spacial score (nSPS) is 10.2. The van der Waals surface area contributed by atoms with Crippen molar-refractivity contribution >= 4 is 29.2 Å². The molecule has 0 spiro atoms. The lowest BCUT2D eigenvalue weighted by Crippen LogP contribution is -2.09. The third kappa shape index (κ3) is 5.18. The topological polar surface area (TPSA) is 95.7 Å². The summed E-state index contributed by atoms with van der Waals surface area (Å²) < 4.78 is 10.4. The molecule has 0 saturated carbocycles. The Morgan fingerprint density at radius 3 is 2.21 bits per heavy atom. The maximum atomic E-state index is 12.2. The van der Waals surface area contributed by atoms with Gasteiger partial charge in [0.05, 0.1) is 10.5 Å². The third-order valence-electron chi connectivity index (χ3n) is 3.90. The van der Waals surface area contributed by atoms with E-state index in [1.165, 1.54) is 36.4 Å². The van der Waals surface area contributed by atoms with Gasteiger partial charge in [-0.2, -0.15) is 0 Å². The average molecular weight is 412 g/mol. The number of carbonyl (C=O) groups excluding carboxylic acids is 2. The van der Waals surface area contributed by atoms with Gasteiger partial charge in [0.2, 0.25) is 0 Å². The Morgan fingerprint density at radius 1 is 0.897 bits per heavy atom. The van der Waals surface area contributed by atoms with Crippen molar-refractivity contribution in [2.45, 2.75) is 6.61 Å². The van der Waals surface area contributed by atoms with Crippen LogP contribution in [0.25, 0.3) is 0 Å². The van der Waals surface area contributed by atoms with Crippen LogP contribution >= 0.6 is 11.6 Å². The van der Waals surface area contributed by atoms with Crippen molar-refractivity contribution in [1.82, 2.24) is 0 Å². The Bertz CT molecular complexity index is 1050. The van der Waals surface area contributed by atoms with Crippen molar-refractivity contribution in [3.8, 4) is 5.75 Å². The Hall–Kier alpha value is -3.71. The molecular formula is C21H14ClNO6. The number of ether oxygens (including phenoxy) is 2. The van der Waals surface area contributed by atoms with Crippen LogP contribution in [-0.4, -0.2) is 16.9 Å². The maximum absolute atomic E-state index is 12.2. The van der Waals surface area contributed by atoms with E-state index in [-0.39, 0.29) is 17.9 Å². The van der Waals surface area contributed by atoms with Crippen molar-refractivity contribution in [2.75, 3.05) is 0 Å². The molecule has 0 aliphatic rings. The highest BCUT2D eigenvalue weighted by molar-refractivity contribution is 6.30. The van der Waals surface area contributed by atoms with E-state index in [4.69, 9.17) is 21.1 Å². The lowest BCUT2D eigenvalue weighted by atomic mass is 10.1. The van der Waals surface area contributed by atoms with E-state index >= 15 is 0 Å². The molecule has 3 aromatic carbocycles. The number of carbonyl (C=O) groups is 2. The SMILES string of the molecule is O=C(Oc1ccc(Cl)cc1)c1ccc(COC(=O)c2ccccc2[N+](=O)[O-])cc1. The molecule has 0 radical (unpaired) electrons. The van der Waals surface area contributed by atoms with E-state index in [2.05, 4.69) is 0 Å². The molecule has 0 saturated heterocycles. The van der Waals surface area contributed by atoms with Crippen LogP contribution in [0.5, 0.6) is 5.75 Å². The molecule has 0 amide bonds. The summed E-state index contributed by atoms with van der Waals surface area (Å²) in [6.07, 6.45) is 0. The second-order valence-corrected chi connectivity index (χ2v) is 6.33. The minimum atomic E-state index is -0.802. The number of para-hydroxylation sites is 1. The van der Waals surface area contributed by atoms with E-state index in [0.29, 0.717) is 21.9 Å². The molecule has 8 heteroatoms. The van der Waals surface area contributed by atoms with Crippen molar-refractivity contribution in [3.63, 3.8) is 0 Å². The zero-order valence-electron chi connectivity index (χ0n) is 14.9. The third-order valence-corrected chi connectivity index (χ3v) is 4.16. The summed E-state index contributed by atoms with van der Waals surface area (Å²) in [6.45, 7) is -0.0998. The number of esters is 2. The molecule has 29 heavy (non-hydrogen) atoms. The largest absolute Gasteiger partial charge is 0.457 e. The van der Waals surface area contributed by atoms with Crippen molar-refractivity contribution in [1.29, 1.82) is 0 Å². The summed E-state index contributed by atoms with van der Waals surface area (Å²) >= 11 is 5.79. The maximum Gasteiger partial charge on any atom is 0.345 e. The molecule has 0 aliphatic heterocycles. The summed E-state index contributed by atoms with van der Waals surface area (Å²) in [5.74, 6) is -0.985. The summed E-state index contributed by atoms with van der Waals surface area (Å²) in [5, 5.41) is 11.5. The quantitative estimate of drug-likeness (QED) is 0.249. The first kappa shape index (κ1) is 20.0. The lowest BCUT2D eigenvalue weighted by molar-refractivity contribution is -0.385. The first-order valence-corrected chi connectivity index (χ1v) is 8.79. The highest BCUT2D eigenvalue weighted by Gasteiger charge is 2.20. The number of benzene rings is 3. The molecule has 0 aromatic heterocycles. The summed E-state index contributed by atoms with van der Waals surface area (Å²) in [6, 6.07) is 18.2. The highest BCUT2D eigenvalue weighted by Crippen LogP contribution is 2.20. The van der Waals surface area contributed by atoms with E-state index in [9.17, 15) is 19.7 Å². The van der Waals surface area contributed by atoms with Crippen LogP contribution in [0.1, 0.15) is 26.3 Å². The van der Waals surface area contributed by atoms with Crippen LogP contribution in [0.15, 0.2) is 72.8 Å². The zero-order valence-corrected chi connectivity index (χ0v) is 15.7. The van der Waals surface area contributed by atoms with E-state index in [1.54, 1.807) is 36.4 Å². The predicted octanol–water partition coefficient (Wildman–Crippen LogP) is 4.82. The fourth-order valence-corrected chi connectivity index (χ4v) is 2.56. The number of rotatable bonds is 6. The minimum absolute atomic E-state index is 0.0998. The number of halogens is 1. The van der Waals surface area contributed by atoms with Gasteiger partial charge in [0, 0.05) is 11.1 Å². The van der Waals surface area contributed by atoms with E-state index in [0.717, 1.165) is 0 Å². The molecule has 0 heterocycles. The molecule has 3 aromatic rings. The molecule has 0 atom stereocenters. The van der Waals surface area contributed by atoms with Gasteiger partial charge in [-0.1, -0.05) is 35.9 Å². The van der Waals surface area contributed by atoms with Gasteiger partial charge in [-0.15, -0.1) is 0 Å². The minimum Gasteiger partial charge on any atom is -0.457 e. The van der Waals surface area contributed by atoms with Gasteiger partial charge in [0.25, 0.3) is 5.69 Å². The second kappa shape index (κ2) is 8.99. The molecule has 146 valence electrons. The fraction of sp³-hybridized carbons (Fsp3) is 0.0476. The first-order chi connectivity index (χ1) is 13.9. The van der Waals surface area contributed by atoms with Crippen molar-refractivity contribution < 1.29 is 24.0 Å². The number of hydrogen-bond donors (Lipinski definition) is 0. The number of nitro groups is 1. The number of hydrogen-bond acceptors (Lipinski definition) is 6. The molecular weight excluding hydrogens is 398 g/mol. The molecule has 3 rings (SSSR count). The summed E-state index contributed by atoms with van der Waals surface area (Å²) in [5.41, 5.74) is 0.479. The summed E-state index contributed by atoms with van der Waals surface area (Å²) in [7, 11) is 0. The Balaban J connectivity index is 1.60. The lowest BCUT2D eigenvalue weighted by Gasteiger charge is -2.07. The average Bonchev–Trinajstić information content (AvgIpc) is 2.74. The van der Waals surface area contributed by atoms with Crippen molar-refractivity contribution in [2.24, 2.45) is 0 Å². The molecule has 0 aliphatic carbocycles. The van der Waals surface area contributed by atoms with Crippen LogP contribution in [0.4, 0.5) is 5.69 Å². The van der Waals surface area contributed by atoms with Crippen LogP contribution in [0, 0.1) is 10.1 Å². The Labute approximate surface area is 170 Å². The molecule has 0 unspecified atom stereocenters. The fourth-order valence-electron chi connectivity index (χ4n) is 2.44. The van der Waals surface area contributed by atoms with Gasteiger partial charge < -0.3 is 9.47 Å². The molecule has 0 bridgehead atoms.